The first kappa shape index (κ1) is 23.4. The van der Waals surface area contributed by atoms with Crippen LogP contribution in [0, 0.1) is 17.8 Å². The summed E-state index contributed by atoms with van der Waals surface area (Å²) in [7, 11) is 0. The molecule has 0 amide bonds. The Morgan fingerprint density at radius 2 is 1.62 bits per heavy atom. The van der Waals surface area contributed by atoms with E-state index in [1.54, 1.807) is 0 Å². The molecule has 4 heteroatoms. The van der Waals surface area contributed by atoms with Crippen molar-refractivity contribution in [1.29, 1.82) is 0 Å². The second kappa shape index (κ2) is 13.5. The van der Waals surface area contributed by atoms with Crippen LogP contribution >= 0.6 is 0 Å². The van der Waals surface area contributed by atoms with E-state index in [2.05, 4.69) is 6.92 Å². The van der Waals surface area contributed by atoms with Crippen molar-refractivity contribution >= 4 is 5.97 Å². The molecule has 0 spiro atoms. The summed E-state index contributed by atoms with van der Waals surface area (Å²) in [5.74, 6) is -0.420. The SMILES string of the molecule is CCCCCCCC(O)[C@@H]1CCC(O)[C@@H]1CCCCCC(CC)C(=O)O. The van der Waals surface area contributed by atoms with Crippen molar-refractivity contribution in [2.24, 2.45) is 17.8 Å². The number of aliphatic carboxylic acids is 1. The van der Waals surface area contributed by atoms with Crippen LogP contribution in [0.4, 0.5) is 0 Å². The fourth-order valence-corrected chi connectivity index (χ4v) is 4.58. The van der Waals surface area contributed by atoms with Gasteiger partial charge in [-0.25, -0.2) is 0 Å². The van der Waals surface area contributed by atoms with Gasteiger partial charge in [0.2, 0.25) is 0 Å². The summed E-state index contributed by atoms with van der Waals surface area (Å²) < 4.78 is 0. The summed E-state index contributed by atoms with van der Waals surface area (Å²) in [4.78, 5) is 11.0. The summed E-state index contributed by atoms with van der Waals surface area (Å²) in [6, 6.07) is 0. The number of aliphatic hydroxyl groups is 2. The first-order chi connectivity index (χ1) is 12.5. The second-order valence-corrected chi connectivity index (χ2v) is 8.32. The Bertz CT molecular complexity index is 371. The van der Waals surface area contributed by atoms with Crippen molar-refractivity contribution in [3.05, 3.63) is 0 Å². The third-order valence-electron chi connectivity index (χ3n) is 6.37. The summed E-state index contributed by atoms with van der Waals surface area (Å²) in [6.45, 7) is 4.14. The summed E-state index contributed by atoms with van der Waals surface area (Å²) in [6.07, 6.45) is 13.6. The smallest absolute Gasteiger partial charge is 0.306 e. The monoisotopic (exact) mass is 370 g/mol. The molecule has 0 aliphatic heterocycles. The van der Waals surface area contributed by atoms with Gasteiger partial charge in [-0.15, -0.1) is 0 Å². The van der Waals surface area contributed by atoms with Gasteiger partial charge in [0.25, 0.3) is 0 Å². The molecule has 1 fully saturated rings. The van der Waals surface area contributed by atoms with E-state index in [-0.39, 0.29) is 30.0 Å². The quantitative estimate of drug-likeness (QED) is 0.348. The fourth-order valence-electron chi connectivity index (χ4n) is 4.58. The maximum Gasteiger partial charge on any atom is 0.306 e. The van der Waals surface area contributed by atoms with Crippen LogP contribution in [0.1, 0.15) is 104 Å². The van der Waals surface area contributed by atoms with E-state index in [0.717, 1.165) is 57.8 Å². The van der Waals surface area contributed by atoms with Crippen LogP contribution in [0.3, 0.4) is 0 Å². The molecule has 0 bridgehead atoms. The molecule has 0 aromatic carbocycles. The third-order valence-corrected chi connectivity index (χ3v) is 6.37. The molecule has 1 aliphatic rings. The minimum atomic E-state index is -0.680. The average Bonchev–Trinajstić information content (AvgIpc) is 2.98. The third kappa shape index (κ3) is 8.39. The van der Waals surface area contributed by atoms with Crippen molar-refractivity contribution in [3.8, 4) is 0 Å². The van der Waals surface area contributed by atoms with Crippen LogP contribution in [-0.4, -0.2) is 33.5 Å². The van der Waals surface area contributed by atoms with E-state index in [0.29, 0.717) is 6.42 Å². The molecule has 0 radical (unpaired) electrons. The first-order valence-electron chi connectivity index (χ1n) is 11.1. The van der Waals surface area contributed by atoms with E-state index in [9.17, 15) is 15.0 Å². The normalized spacial score (nSPS) is 25.3. The number of hydrogen-bond acceptors (Lipinski definition) is 3. The second-order valence-electron chi connectivity index (χ2n) is 8.32. The highest BCUT2D eigenvalue weighted by Gasteiger charge is 2.38. The van der Waals surface area contributed by atoms with Gasteiger partial charge in [0.1, 0.15) is 0 Å². The van der Waals surface area contributed by atoms with Gasteiger partial charge in [-0.2, -0.15) is 0 Å². The summed E-state index contributed by atoms with van der Waals surface area (Å²) in [5.41, 5.74) is 0. The van der Waals surface area contributed by atoms with Gasteiger partial charge in [0.15, 0.2) is 0 Å². The molecule has 0 aromatic rings. The molecule has 3 unspecified atom stereocenters. The lowest BCUT2D eigenvalue weighted by molar-refractivity contribution is -0.142. The highest BCUT2D eigenvalue weighted by molar-refractivity contribution is 5.69. The number of aliphatic hydroxyl groups excluding tert-OH is 2. The van der Waals surface area contributed by atoms with Crippen LogP contribution in [0.25, 0.3) is 0 Å². The standard InChI is InChI=1S/C22H42O4/c1-3-5-6-7-11-14-20(23)19-15-16-21(24)18(19)13-10-8-9-12-17(4-2)22(25)26/h17-21,23-24H,3-16H2,1-2H3,(H,25,26)/t17?,18-,19-,20?,21?/m1/s1. The number of hydrogen-bond donors (Lipinski definition) is 3. The zero-order valence-corrected chi connectivity index (χ0v) is 17.0. The predicted molar refractivity (Wildman–Crippen MR) is 106 cm³/mol. The van der Waals surface area contributed by atoms with Gasteiger partial charge in [-0.3, -0.25) is 4.79 Å². The molecule has 4 nitrogen and oxygen atoms in total. The highest BCUT2D eigenvalue weighted by Crippen LogP contribution is 2.39. The van der Waals surface area contributed by atoms with Gasteiger partial charge in [0, 0.05) is 0 Å². The van der Waals surface area contributed by atoms with Crippen LogP contribution in [0.15, 0.2) is 0 Å². The zero-order chi connectivity index (χ0) is 19.4. The van der Waals surface area contributed by atoms with Gasteiger partial charge in [-0.05, 0) is 50.4 Å². The highest BCUT2D eigenvalue weighted by atomic mass is 16.4. The number of rotatable bonds is 15. The van der Waals surface area contributed by atoms with Crippen LogP contribution in [0.2, 0.25) is 0 Å². The van der Waals surface area contributed by atoms with Crippen molar-refractivity contribution in [2.45, 2.75) is 116 Å². The molecule has 5 atom stereocenters. The lowest BCUT2D eigenvalue weighted by atomic mass is 9.83. The lowest BCUT2D eigenvalue weighted by Gasteiger charge is -2.26. The molecule has 0 aromatic heterocycles. The number of carboxylic acid groups (broad SMARTS) is 1. The van der Waals surface area contributed by atoms with Crippen LogP contribution in [-0.2, 0) is 4.79 Å². The predicted octanol–water partition coefficient (Wildman–Crippen LogP) is 5.16. The largest absolute Gasteiger partial charge is 0.481 e. The van der Waals surface area contributed by atoms with Gasteiger partial charge < -0.3 is 15.3 Å². The summed E-state index contributed by atoms with van der Waals surface area (Å²) in [5, 5.41) is 30.0. The van der Waals surface area contributed by atoms with Crippen LogP contribution in [0.5, 0.6) is 0 Å². The Morgan fingerprint density at radius 1 is 0.962 bits per heavy atom. The minimum absolute atomic E-state index is 0.214. The Morgan fingerprint density at radius 3 is 2.27 bits per heavy atom. The lowest BCUT2D eigenvalue weighted by Crippen LogP contribution is -2.28. The van der Waals surface area contributed by atoms with E-state index >= 15 is 0 Å². The number of carboxylic acids is 1. The Labute approximate surface area is 160 Å². The molecular weight excluding hydrogens is 328 g/mol. The average molecular weight is 371 g/mol. The molecular formula is C22H42O4. The molecule has 1 rings (SSSR count). The van der Waals surface area contributed by atoms with Crippen molar-refractivity contribution in [3.63, 3.8) is 0 Å². The van der Waals surface area contributed by atoms with E-state index < -0.39 is 5.97 Å². The van der Waals surface area contributed by atoms with Crippen LogP contribution < -0.4 is 0 Å². The molecule has 1 saturated carbocycles. The Balaban J connectivity index is 2.26. The molecule has 26 heavy (non-hydrogen) atoms. The van der Waals surface area contributed by atoms with Gasteiger partial charge in [0.05, 0.1) is 18.1 Å². The molecule has 0 heterocycles. The fraction of sp³-hybridized carbons (Fsp3) is 0.955. The Kier molecular flexibility index (Phi) is 12.2. The van der Waals surface area contributed by atoms with E-state index in [1.165, 1.54) is 25.7 Å². The van der Waals surface area contributed by atoms with E-state index in [1.807, 2.05) is 6.92 Å². The molecule has 0 saturated heterocycles. The minimum Gasteiger partial charge on any atom is -0.481 e. The van der Waals surface area contributed by atoms with E-state index in [4.69, 9.17) is 5.11 Å². The zero-order valence-electron chi connectivity index (χ0n) is 17.0. The number of carbonyl (C=O) groups is 1. The molecule has 3 N–H and O–H groups in total. The number of unbranched alkanes of at least 4 members (excludes halogenated alkanes) is 6. The molecule has 154 valence electrons. The Hall–Kier alpha value is -0.610. The maximum absolute atomic E-state index is 11.0. The van der Waals surface area contributed by atoms with Crippen molar-refractivity contribution in [1.82, 2.24) is 0 Å². The first-order valence-corrected chi connectivity index (χ1v) is 11.1. The maximum atomic E-state index is 11.0. The van der Waals surface area contributed by atoms with Gasteiger partial charge in [-0.1, -0.05) is 65.2 Å². The van der Waals surface area contributed by atoms with Crippen molar-refractivity contribution < 1.29 is 20.1 Å². The topological polar surface area (TPSA) is 77.8 Å². The van der Waals surface area contributed by atoms with Crippen molar-refractivity contribution in [2.75, 3.05) is 0 Å². The molecule has 1 aliphatic carbocycles. The summed E-state index contributed by atoms with van der Waals surface area (Å²) >= 11 is 0. The van der Waals surface area contributed by atoms with Gasteiger partial charge >= 0.3 is 5.97 Å².